The number of aromatic nitrogens is 1. The average Bonchev–Trinajstić information content (AvgIpc) is 3.10. The zero-order chi connectivity index (χ0) is 14.3. The molecule has 0 radical (unpaired) electrons. The molecule has 2 N–H and O–H groups in total. The largest absolute Gasteiger partial charge is 0.481 e. The highest BCUT2D eigenvalue weighted by Crippen LogP contribution is 2.48. The first kappa shape index (κ1) is 13.3. The molecule has 106 valence electrons. The van der Waals surface area contributed by atoms with Crippen molar-refractivity contribution in [1.29, 1.82) is 0 Å². The van der Waals surface area contributed by atoms with Crippen LogP contribution in [0, 0.1) is 30.6 Å². The highest BCUT2D eigenvalue weighted by molar-refractivity contribution is 7.09. The predicted octanol–water partition coefficient (Wildman–Crippen LogP) is 1.59. The van der Waals surface area contributed by atoms with E-state index in [9.17, 15) is 14.7 Å². The number of aryl methyl sites for hydroxylation is 1. The van der Waals surface area contributed by atoms with Gasteiger partial charge in [0.25, 0.3) is 0 Å². The van der Waals surface area contributed by atoms with Crippen molar-refractivity contribution in [1.82, 2.24) is 10.3 Å². The van der Waals surface area contributed by atoms with E-state index in [1.807, 2.05) is 24.5 Å². The SMILES string of the molecule is Cc1csc(CNC(=O)C2C3C=CC(C3)C2C(=O)O)n1. The highest BCUT2D eigenvalue weighted by atomic mass is 32.1. The molecule has 0 saturated heterocycles. The number of thiazole rings is 1. The van der Waals surface area contributed by atoms with Crippen LogP contribution in [0.1, 0.15) is 17.1 Å². The van der Waals surface area contributed by atoms with Crippen LogP contribution in [-0.4, -0.2) is 22.0 Å². The fourth-order valence-corrected chi connectivity index (χ4v) is 3.99. The molecule has 1 saturated carbocycles. The monoisotopic (exact) mass is 292 g/mol. The molecular weight excluding hydrogens is 276 g/mol. The minimum absolute atomic E-state index is 0.00959. The molecule has 1 aromatic heterocycles. The molecule has 0 aromatic carbocycles. The van der Waals surface area contributed by atoms with E-state index in [0.717, 1.165) is 17.1 Å². The number of carbonyl (C=O) groups excluding carboxylic acids is 1. The second-order valence-electron chi connectivity index (χ2n) is 5.44. The van der Waals surface area contributed by atoms with Crippen molar-refractivity contribution in [2.75, 3.05) is 0 Å². The lowest BCUT2D eigenvalue weighted by Gasteiger charge is -2.23. The van der Waals surface area contributed by atoms with E-state index >= 15 is 0 Å². The molecule has 4 unspecified atom stereocenters. The summed E-state index contributed by atoms with van der Waals surface area (Å²) in [4.78, 5) is 27.9. The molecule has 6 heteroatoms. The lowest BCUT2D eigenvalue weighted by Crippen LogP contribution is -2.39. The van der Waals surface area contributed by atoms with Gasteiger partial charge in [0.1, 0.15) is 5.01 Å². The fraction of sp³-hybridized carbons (Fsp3) is 0.500. The van der Waals surface area contributed by atoms with Gasteiger partial charge in [0.2, 0.25) is 5.91 Å². The molecule has 1 aromatic rings. The maximum absolute atomic E-state index is 12.3. The van der Waals surface area contributed by atoms with Gasteiger partial charge in [-0.05, 0) is 25.2 Å². The van der Waals surface area contributed by atoms with Gasteiger partial charge >= 0.3 is 5.97 Å². The van der Waals surface area contributed by atoms with Gasteiger partial charge in [-0.15, -0.1) is 11.3 Å². The van der Waals surface area contributed by atoms with E-state index in [-0.39, 0.29) is 17.7 Å². The molecule has 3 rings (SSSR count). The Bertz CT molecular complexity index is 581. The topological polar surface area (TPSA) is 79.3 Å². The Balaban J connectivity index is 1.67. The van der Waals surface area contributed by atoms with Crippen LogP contribution >= 0.6 is 11.3 Å². The summed E-state index contributed by atoms with van der Waals surface area (Å²) in [6.07, 6.45) is 4.71. The molecular formula is C14H16N2O3S. The van der Waals surface area contributed by atoms with E-state index in [2.05, 4.69) is 10.3 Å². The first-order valence-corrected chi connectivity index (χ1v) is 7.54. The lowest BCUT2D eigenvalue weighted by atomic mass is 9.82. The molecule has 1 fully saturated rings. The van der Waals surface area contributed by atoms with E-state index in [1.165, 1.54) is 11.3 Å². The van der Waals surface area contributed by atoms with Gasteiger partial charge in [-0.3, -0.25) is 9.59 Å². The number of nitrogens with one attached hydrogen (secondary N) is 1. The summed E-state index contributed by atoms with van der Waals surface area (Å²) in [6, 6.07) is 0. The first-order chi connectivity index (χ1) is 9.56. The highest BCUT2D eigenvalue weighted by Gasteiger charge is 2.51. The Morgan fingerprint density at radius 3 is 2.70 bits per heavy atom. The number of carboxylic acids is 1. The number of hydrogen-bond acceptors (Lipinski definition) is 4. The van der Waals surface area contributed by atoms with E-state index < -0.39 is 17.8 Å². The molecule has 5 nitrogen and oxygen atoms in total. The van der Waals surface area contributed by atoms with Crippen molar-refractivity contribution < 1.29 is 14.7 Å². The Kier molecular flexibility index (Phi) is 3.33. The van der Waals surface area contributed by atoms with Gasteiger partial charge in [-0.25, -0.2) is 4.98 Å². The fourth-order valence-electron chi connectivity index (χ4n) is 3.28. The van der Waals surface area contributed by atoms with Crippen LogP contribution < -0.4 is 5.32 Å². The molecule has 1 amide bonds. The van der Waals surface area contributed by atoms with Crippen LogP contribution in [0.25, 0.3) is 0 Å². The van der Waals surface area contributed by atoms with Crippen molar-refractivity contribution in [3.05, 3.63) is 28.2 Å². The van der Waals surface area contributed by atoms with Crippen molar-refractivity contribution >= 4 is 23.2 Å². The molecule has 2 aliphatic carbocycles. The molecule has 4 atom stereocenters. The lowest BCUT2D eigenvalue weighted by molar-refractivity contribution is -0.147. The van der Waals surface area contributed by atoms with Gasteiger partial charge in [0.05, 0.1) is 18.4 Å². The summed E-state index contributed by atoms with van der Waals surface area (Å²) in [6.45, 7) is 2.28. The van der Waals surface area contributed by atoms with Gasteiger partial charge < -0.3 is 10.4 Å². The molecule has 0 aliphatic heterocycles. The normalized spacial score (nSPS) is 30.6. The third kappa shape index (κ3) is 2.24. The number of hydrogen-bond donors (Lipinski definition) is 2. The third-order valence-corrected chi connectivity index (χ3v) is 5.09. The standard InChI is InChI=1S/C14H16N2O3S/c1-7-6-20-10(16-7)5-15-13(17)11-8-2-3-9(4-8)12(11)14(18)19/h2-3,6,8-9,11-12H,4-5H2,1H3,(H,15,17)(H,18,19). The minimum Gasteiger partial charge on any atom is -0.481 e. The summed E-state index contributed by atoms with van der Waals surface area (Å²) in [5.41, 5.74) is 0.936. The quantitative estimate of drug-likeness (QED) is 0.826. The number of aliphatic carboxylic acids is 1. The first-order valence-electron chi connectivity index (χ1n) is 6.66. The van der Waals surface area contributed by atoms with Crippen molar-refractivity contribution in [2.45, 2.75) is 19.9 Å². The molecule has 2 aliphatic rings. The molecule has 20 heavy (non-hydrogen) atoms. The summed E-state index contributed by atoms with van der Waals surface area (Å²) in [7, 11) is 0. The van der Waals surface area contributed by atoms with Crippen LogP contribution in [0.15, 0.2) is 17.5 Å². The Labute approximate surface area is 120 Å². The predicted molar refractivity (Wildman–Crippen MR) is 74.1 cm³/mol. The second kappa shape index (κ2) is 5.01. The van der Waals surface area contributed by atoms with E-state index in [1.54, 1.807) is 0 Å². The maximum atomic E-state index is 12.3. The van der Waals surface area contributed by atoms with Crippen LogP contribution in [0.5, 0.6) is 0 Å². The van der Waals surface area contributed by atoms with Crippen LogP contribution in [0.4, 0.5) is 0 Å². The van der Waals surface area contributed by atoms with Crippen LogP contribution in [0.3, 0.4) is 0 Å². The smallest absolute Gasteiger partial charge is 0.307 e. The number of carboxylic acid groups (broad SMARTS) is 1. The molecule has 1 heterocycles. The summed E-state index contributed by atoms with van der Waals surface area (Å²) in [5, 5.41) is 14.9. The summed E-state index contributed by atoms with van der Waals surface area (Å²) < 4.78 is 0. The van der Waals surface area contributed by atoms with Gasteiger partial charge in [0, 0.05) is 11.1 Å². The minimum atomic E-state index is -0.868. The second-order valence-corrected chi connectivity index (χ2v) is 6.38. The molecule has 2 bridgehead atoms. The maximum Gasteiger partial charge on any atom is 0.307 e. The van der Waals surface area contributed by atoms with Gasteiger partial charge in [0.15, 0.2) is 0 Å². The Morgan fingerprint density at radius 2 is 2.10 bits per heavy atom. The van der Waals surface area contributed by atoms with Crippen LogP contribution in [-0.2, 0) is 16.1 Å². The van der Waals surface area contributed by atoms with Crippen molar-refractivity contribution in [3.63, 3.8) is 0 Å². The van der Waals surface area contributed by atoms with Gasteiger partial charge in [-0.1, -0.05) is 12.2 Å². The summed E-state index contributed by atoms with van der Waals surface area (Å²) >= 11 is 1.50. The number of carbonyl (C=O) groups is 2. The number of rotatable bonds is 4. The van der Waals surface area contributed by atoms with Gasteiger partial charge in [-0.2, -0.15) is 0 Å². The zero-order valence-corrected chi connectivity index (χ0v) is 11.9. The van der Waals surface area contributed by atoms with E-state index in [4.69, 9.17) is 0 Å². The third-order valence-electron chi connectivity index (χ3n) is 4.13. The number of amides is 1. The average molecular weight is 292 g/mol. The zero-order valence-electron chi connectivity index (χ0n) is 11.1. The van der Waals surface area contributed by atoms with E-state index in [0.29, 0.717) is 6.54 Å². The Hall–Kier alpha value is -1.69. The van der Waals surface area contributed by atoms with Crippen LogP contribution in [0.2, 0.25) is 0 Å². The summed E-state index contributed by atoms with van der Waals surface area (Å²) in [5.74, 6) is -1.98. The Morgan fingerprint density at radius 1 is 1.40 bits per heavy atom. The van der Waals surface area contributed by atoms with Crippen molar-refractivity contribution in [3.8, 4) is 0 Å². The number of fused-ring (bicyclic) bond motifs is 2. The molecule has 0 spiro atoms. The number of allylic oxidation sites excluding steroid dienone is 2. The number of nitrogens with zero attached hydrogens (tertiary/aromatic N) is 1. The van der Waals surface area contributed by atoms with Crippen molar-refractivity contribution in [2.24, 2.45) is 23.7 Å².